The van der Waals surface area contributed by atoms with Gasteiger partial charge in [-0.15, -0.1) is 0 Å². The summed E-state index contributed by atoms with van der Waals surface area (Å²) in [6.07, 6.45) is 0. The van der Waals surface area contributed by atoms with Crippen molar-refractivity contribution in [1.29, 1.82) is 0 Å². The SMILES string of the molecule is CCn1c(C)cc(C(=O)Nc2cccc3ccccc23)c1C. The fourth-order valence-electron chi connectivity index (χ4n) is 3.04. The molecule has 0 spiro atoms. The lowest BCUT2D eigenvalue weighted by atomic mass is 10.1. The maximum Gasteiger partial charge on any atom is 0.257 e. The predicted octanol–water partition coefficient (Wildman–Crippen LogP) is 4.53. The Morgan fingerprint density at radius 1 is 1.09 bits per heavy atom. The van der Waals surface area contributed by atoms with Gasteiger partial charge in [-0.3, -0.25) is 4.79 Å². The topological polar surface area (TPSA) is 34.0 Å². The van der Waals surface area contributed by atoms with Crippen molar-refractivity contribution in [1.82, 2.24) is 4.57 Å². The number of nitrogens with zero attached hydrogens (tertiary/aromatic N) is 1. The van der Waals surface area contributed by atoms with Crippen molar-refractivity contribution in [3.8, 4) is 0 Å². The van der Waals surface area contributed by atoms with Crippen LogP contribution in [0.15, 0.2) is 48.5 Å². The van der Waals surface area contributed by atoms with Gasteiger partial charge in [-0.05, 0) is 38.3 Å². The fraction of sp³-hybridized carbons (Fsp3) is 0.211. The summed E-state index contributed by atoms with van der Waals surface area (Å²) >= 11 is 0. The highest BCUT2D eigenvalue weighted by molar-refractivity contribution is 6.09. The van der Waals surface area contributed by atoms with Crippen molar-refractivity contribution < 1.29 is 4.79 Å². The number of nitrogens with one attached hydrogen (secondary N) is 1. The maximum atomic E-state index is 12.6. The maximum absolute atomic E-state index is 12.6. The van der Waals surface area contributed by atoms with E-state index < -0.39 is 0 Å². The van der Waals surface area contributed by atoms with E-state index in [1.165, 1.54) is 0 Å². The van der Waals surface area contributed by atoms with E-state index in [1.54, 1.807) is 0 Å². The Morgan fingerprint density at radius 3 is 2.55 bits per heavy atom. The lowest BCUT2D eigenvalue weighted by molar-refractivity contribution is 0.102. The molecule has 0 aliphatic rings. The van der Waals surface area contributed by atoms with Gasteiger partial charge in [0.05, 0.1) is 5.56 Å². The summed E-state index contributed by atoms with van der Waals surface area (Å²) in [6.45, 7) is 6.99. The Labute approximate surface area is 130 Å². The average Bonchev–Trinajstić information content (AvgIpc) is 2.82. The zero-order valence-corrected chi connectivity index (χ0v) is 13.2. The van der Waals surface area contributed by atoms with Crippen LogP contribution in [0.1, 0.15) is 28.7 Å². The van der Waals surface area contributed by atoms with Crippen molar-refractivity contribution in [2.75, 3.05) is 5.32 Å². The number of anilines is 1. The van der Waals surface area contributed by atoms with Crippen molar-refractivity contribution in [2.24, 2.45) is 0 Å². The molecule has 3 heteroatoms. The largest absolute Gasteiger partial charge is 0.349 e. The molecule has 0 fully saturated rings. The Bertz CT molecular complexity index is 841. The van der Waals surface area contributed by atoms with Gasteiger partial charge in [-0.2, -0.15) is 0 Å². The van der Waals surface area contributed by atoms with Crippen LogP contribution in [-0.2, 0) is 6.54 Å². The Morgan fingerprint density at radius 2 is 1.82 bits per heavy atom. The second-order valence-corrected chi connectivity index (χ2v) is 5.51. The molecule has 0 saturated carbocycles. The number of hydrogen-bond donors (Lipinski definition) is 1. The van der Waals surface area contributed by atoms with Gasteiger partial charge in [0, 0.05) is 29.0 Å². The van der Waals surface area contributed by atoms with E-state index in [4.69, 9.17) is 0 Å². The number of carbonyl (C=O) groups is 1. The Hall–Kier alpha value is -2.55. The minimum atomic E-state index is -0.0517. The highest BCUT2D eigenvalue weighted by atomic mass is 16.1. The molecular weight excluding hydrogens is 272 g/mol. The first-order chi connectivity index (χ1) is 10.6. The molecule has 1 N–H and O–H groups in total. The smallest absolute Gasteiger partial charge is 0.257 e. The van der Waals surface area contributed by atoms with Crippen molar-refractivity contribution in [3.63, 3.8) is 0 Å². The lowest BCUT2D eigenvalue weighted by Crippen LogP contribution is -2.13. The molecule has 0 bridgehead atoms. The molecule has 0 radical (unpaired) electrons. The van der Waals surface area contributed by atoms with Gasteiger partial charge < -0.3 is 9.88 Å². The van der Waals surface area contributed by atoms with Crippen LogP contribution in [0.2, 0.25) is 0 Å². The standard InChI is InChI=1S/C19H20N2O/c1-4-21-13(2)12-17(14(21)3)19(22)20-18-11-7-9-15-8-5-6-10-16(15)18/h5-12H,4H2,1-3H3,(H,20,22). The second-order valence-electron chi connectivity index (χ2n) is 5.51. The molecular formula is C19H20N2O. The van der Waals surface area contributed by atoms with E-state index >= 15 is 0 Å². The zero-order valence-electron chi connectivity index (χ0n) is 13.2. The van der Waals surface area contributed by atoms with Gasteiger partial charge in [-0.25, -0.2) is 0 Å². The predicted molar refractivity (Wildman–Crippen MR) is 91.5 cm³/mol. The number of aromatic nitrogens is 1. The molecule has 0 aliphatic carbocycles. The van der Waals surface area contributed by atoms with Crippen LogP contribution in [-0.4, -0.2) is 10.5 Å². The van der Waals surface area contributed by atoms with E-state index in [1.807, 2.05) is 62.4 Å². The Balaban J connectivity index is 1.97. The van der Waals surface area contributed by atoms with Crippen molar-refractivity contribution in [3.05, 3.63) is 65.5 Å². The van der Waals surface area contributed by atoms with E-state index in [-0.39, 0.29) is 5.91 Å². The quantitative estimate of drug-likeness (QED) is 0.756. The van der Waals surface area contributed by atoms with Crippen molar-refractivity contribution in [2.45, 2.75) is 27.3 Å². The summed E-state index contributed by atoms with van der Waals surface area (Å²) in [5.74, 6) is -0.0517. The molecule has 0 saturated heterocycles. The van der Waals surface area contributed by atoms with Crippen LogP contribution in [0.25, 0.3) is 10.8 Å². The van der Waals surface area contributed by atoms with Crippen LogP contribution in [0.4, 0.5) is 5.69 Å². The number of benzene rings is 2. The Kier molecular flexibility index (Phi) is 3.72. The fourth-order valence-corrected chi connectivity index (χ4v) is 3.04. The third-order valence-electron chi connectivity index (χ3n) is 4.17. The minimum Gasteiger partial charge on any atom is -0.349 e. The summed E-state index contributed by atoms with van der Waals surface area (Å²) in [6, 6.07) is 16.0. The third-order valence-corrected chi connectivity index (χ3v) is 4.17. The van der Waals surface area contributed by atoms with Gasteiger partial charge in [0.25, 0.3) is 5.91 Å². The van der Waals surface area contributed by atoms with Gasteiger partial charge in [0.1, 0.15) is 0 Å². The van der Waals surface area contributed by atoms with E-state index in [0.717, 1.165) is 40.0 Å². The summed E-state index contributed by atoms with van der Waals surface area (Å²) < 4.78 is 2.15. The summed E-state index contributed by atoms with van der Waals surface area (Å²) in [5.41, 5.74) is 3.72. The molecule has 1 aromatic heterocycles. The van der Waals surface area contributed by atoms with E-state index in [9.17, 15) is 4.79 Å². The zero-order chi connectivity index (χ0) is 15.7. The first-order valence-corrected chi connectivity index (χ1v) is 7.57. The second kappa shape index (κ2) is 5.68. The molecule has 0 unspecified atom stereocenters. The minimum absolute atomic E-state index is 0.0517. The van der Waals surface area contributed by atoms with Crippen LogP contribution in [0.3, 0.4) is 0 Å². The molecule has 22 heavy (non-hydrogen) atoms. The normalized spacial score (nSPS) is 10.9. The van der Waals surface area contributed by atoms with Crippen molar-refractivity contribution >= 4 is 22.4 Å². The highest BCUT2D eigenvalue weighted by Crippen LogP contribution is 2.24. The summed E-state index contributed by atoms with van der Waals surface area (Å²) in [7, 11) is 0. The van der Waals surface area contributed by atoms with Crippen LogP contribution in [0, 0.1) is 13.8 Å². The molecule has 3 aromatic rings. The van der Waals surface area contributed by atoms with Gasteiger partial charge in [0.15, 0.2) is 0 Å². The number of rotatable bonds is 3. The van der Waals surface area contributed by atoms with Crippen LogP contribution >= 0.6 is 0 Å². The lowest BCUT2D eigenvalue weighted by Gasteiger charge is -2.09. The van der Waals surface area contributed by atoms with E-state index in [0.29, 0.717) is 0 Å². The first-order valence-electron chi connectivity index (χ1n) is 7.57. The number of amides is 1. The molecule has 112 valence electrons. The molecule has 1 heterocycles. The monoisotopic (exact) mass is 292 g/mol. The molecule has 3 nitrogen and oxygen atoms in total. The highest BCUT2D eigenvalue weighted by Gasteiger charge is 2.15. The number of fused-ring (bicyclic) bond motifs is 1. The third kappa shape index (κ3) is 2.39. The van der Waals surface area contributed by atoms with E-state index in [2.05, 4.69) is 16.8 Å². The van der Waals surface area contributed by atoms with Gasteiger partial charge in [-0.1, -0.05) is 36.4 Å². The molecule has 1 amide bonds. The molecule has 2 aromatic carbocycles. The number of hydrogen-bond acceptors (Lipinski definition) is 1. The van der Waals surface area contributed by atoms with Crippen LogP contribution in [0.5, 0.6) is 0 Å². The number of aryl methyl sites for hydroxylation is 1. The molecule has 0 atom stereocenters. The van der Waals surface area contributed by atoms with Gasteiger partial charge in [0.2, 0.25) is 0 Å². The van der Waals surface area contributed by atoms with Crippen LogP contribution < -0.4 is 5.32 Å². The number of carbonyl (C=O) groups excluding carboxylic acids is 1. The first kappa shape index (κ1) is 14.4. The summed E-state index contributed by atoms with van der Waals surface area (Å²) in [5, 5.41) is 5.24. The summed E-state index contributed by atoms with van der Waals surface area (Å²) in [4.78, 5) is 12.6. The van der Waals surface area contributed by atoms with Gasteiger partial charge >= 0.3 is 0 Å². The molecule has 3 rings (SSSR count). The average molecular weight is 292 g/mol. The molecule has 0 aliphatic heterocycles.